The Morgan fingerprint density at radius 2 is 1.54 bits per heavy atom. The van der Waals surface area contributed by atoms with Crippen molar-refractivity contribution in [1.29, 1.82) is 0 Å². The third-order valence-electron chi connectivity index (χ3n) is 3.27. The molecule has 0 aliphatic carbocycles. The predicted octanol–water partition coefficient (Wildman–Crippen LogP) is -2.78. The van der Waals surface area contributed by atoms with Crippen molar-refractivity contribution >= 4 is 11.0 Å². The van der Waals surface area contributed by atoms with E-state index in [1.807, 2.05) is 0 Å². The molecule has 0 unspecified atom stereocenters. The van der Waals surface area contributed by atoms with Crippen LogP contribution in [0.3, 0.4) is 0 Å². The third-order valence-corrected chi connectivity index (χ3v) is 3.27. The van der Waals surface area contributed by atoms with Crippen molar-refractivity contribution < 1.29 is 54.4 Å². The highest BCUT2D eigenvalue weighted by Gasteiger charge is 2.24. The van der Waals surface area contributed by atoms with Gasteiger partial charge in [-0.3, -0.25) is 0 Å². The second-order valence-electron chi connectivity index (χ2n) is 4.72. The molecule has 0 spiro atoms. The van der Waals surface area contributed by atoms with E-state index in [1.165, 1.54) is 31.4 Å². The lowest BCUT2D eigenvalue weighted by molar-refractivity contribution is -0.001000. The van der Waals surface area contributed by atoms with Crippen LogP contribution in [0.15, 0.2) is 40.8 Å². The number of phenols is 3. The summed E-state index contributed by atoms with van der Waals surface area (Å²) in [5.41, 5.74) is 0.675. The lowest BCUT2D eigenvalue weighted by Gasteiger charge is -2.04. The quantitative estimate of drug-likeness (QED) is 0.363. The molecule has 0 saturated heterocycles. The first-order chi connectivity index (χ1) is 10.5. The highest BCUT2D eigenvalue weighted by Crippen LogP contribution is 2.40. The number of rotatable bonds is 2. The molecule has 0 atom stereocenters. The van der Waals surface area contributed by atoms with Crippen LogP contribution in [0.4, 0.5) is 0 Å². The maximum absolute atomic E-state index is 10.1. The summed E-state index contributed by atoms with van der Waals surface area (Å²) in [7, 11) is 1.41. The molecule has 1 aromatic heterocycles. The topological polar surface area (TPSA) is 101 Å². The zero-order chi connectivity index (χ0) is 15.9. The molecule has 0 aliphatic rings. The van der Waals surface area contributed by atoms with Crippen LogP contribution in [0.1, 0.15) is 0 Å². The second kappa shape index (κ2) is 7.33. The van der Waals surface area contributed by atoms with E-state index in [0.29, 0.717) is 5.56 Å². The van der Waals surface area contributed by atoms with Gasteiger partial charge in [0.2, 0.25) is 5.75 Å². The van der Waals surface area contributed by atoms with Crippen molar-refractivity contribution in [3.05, 3.63) is 36.4 Å². The van der Waals surface area contributed by atoms with Crippen molar-refractivity contribution in [2.45, 2.75) is 0 Å². The second-order valence-corrected chi connectivity index (χ2v) is 4.72. The number of phenolic OH excluding ortho intramolecular Hbond substituents is 3. The third kappa shape index (κ3) is 3.34. The molecule has 3 aromatic rings. The van der Waals surface area contributed by atoms with Gasteiger partial charge in [-0.15, -0.1) is 0 Å². The van der Waals surface area contributed by atoms with Gasteiger partial charge in [0.1, 0.15) is 16.9 Å². The van der Waals surface area contributed by atoms with Crippen molar-refractivity contribution in [3.63, 3.8) is 0 Å². The number of fused-ring (bicyclic) bond motifs is 1. The van der Waals surface area contributed by atoms with Crippen LogP contribution in [-0.4, -0.2) is 27.5 Å². The molecule has 0 aliphatic heterocycles. The number of hydrogen-bond donors (Lipinski definition) is 4. The number of halogens is 2. The van der Waals surface area contributed by atoms with Gasteiger partial charge in [-0.2, -0.15) is 0 Å². The highest BCUT2D eigenvalue weighted by atomic mass is 35.5. The summed E-state index contributed by atoms with van der Waals surface area (Å²) in [5.74, 6) is -0.248. The molecule has 8 heteroatoms. The van der Waals surface area contributed by atoms with Crippen LogP contribution in [0.2, 0.25) is 0 Å². The normalized spacial score (nSPS) is 9.88. The summed E-state index contributed by atoms with van der Waals surface area (Å²) >= 11 is 0. The summed E-state index contributed by atoms with van der Waals surface area (Å²) in [6, 6.07) is 8.28. The van der Waals surface area contributed by atoms with E-state index in [2.05, 4.69) is 0 Å². The van der Waals surface area contributed by atoms with Gasteiger partial charge in [-0.25, -0.2) is 4.42 Å². The first-order valence-corrected chi connectivity index (χ1v) is 6.39. The zero-order valence-corrected chi connectivity index (χ0v) is 13.8. The fraction of sp³-hybridized carbons (Fsp3) is 0.0625. The average molecular weight is 372 g/mol. The minimum absolute atomic E-state index is 0. The van der Waals surface area contributed by atoms with Crippen LogP contribution in [0, 0.1) is 0 Å². The molecule has 1 heterocycles. The van der Waals surface area contributed by atoms with Gasteiger partial charge in [0.05, 0.1) is 18.7 Å². The van der Waals surface area contributed by atoms with Crippen molar-refractivity contribution in [3.8, 4) is 40.1 Å². The summed E-state index contributed by atoms with van der Waals surface area (Å²) < 4.78 is 10.6. The Balaban J connectivity index is 0.00000144. The Hall–Kier alpha value is -2.57. The Morgan fingerprint density at radius 1 is 0.833 bits per heavy atom. The maximum Gasteiger partial charge on any atom is 0.402 e. The van der Waals surface area contributed by atoms with E-state index in [1.54, 1.807) is 6.07 Å². The Kier molecular flexibility index (Phi) is 5.95. The smallest absolute Gasteiger partial charge is 0.402 e. The molecule has 4 N–H and O–H groups in total. The predicted molar refractivity (Wildman–Crippen MR) is 79.3 cm³/mol. The average Bonchev–Trinajstić information content (AvgIpc) is 2.48. The number of ether oxygens (including phenoxy) is 1. The minimum atomic E-state index is -0.205. The van der Waals surface area contributed by atoms with E-state index < -0.39 is 0 Å². The molecule has 0 bridgehead atoms. The molecule has 0 saturated carbocycles. The standard InChI is InChI=1S/C16H12O6.2ClH/c1-21-15-4-8(2-3-11(15)18)16-13(20)7-10-12(19)5-9(17)6-14(10)22-16;;/h2-7H,1H3,(H3-,17,18,19,20);2*1H/p-1. The zero-order valence-electron chi connectivity index (χ0n) is 12.3. The van der Waals surface area contributed by atoms with E-state index in [9.17, 15) is 20.4 Å². The lowest BCUT2D eigenvalue weighted by atomic mass is 10.1. The summed E-state index contributed by atoms with van der Waals surface area (Å²) in [5, 5.41) is 39.3. The number of aromatic hydroxyl groups is 4. The van der Waals surface area contributed by atoms with Gasteiger partial charge >= 0.3 is 11.3 Å². The van der Waals surface area contributed by atoms with E-state index >= 15 is 0 Å². The first kappa shape index (κ1) is 19.5. The van der Waals surface area contributed by atoms with Crippen LogP contribution in [0.5, 0.6) is 28.7 Å². The molecular weight excluding hydrogens is 359 g/mol. The highest BCUT2D eigenvalue weighted by molar-refractivity contribution is 5.88. The first-order valence-electron chi connectivity index (χ1n) is 6.39. The van der Waals surface area contributed by atoms with Gasteiger partial charge in [0, 0.05) is 18.2 Å². The molecule has 24 heavy (non-hydrogen) atoms. The van der Waals surface area contributed by atoms with E-state index in [4.69, 9.17) is 9.15 Å². The SMILES string of the molecule is COc1cc(-c2[o+]c3cc(O)cc(O)c3cc2O)ccc1O.[Cl-].[Cl-]. The number of hydrogen-bond acceptors (Lipinski definition) is 5. The Labute approximate surface area is 149 Å². The van der Waals surface area contributed by atoms with Crippen molar-refractivity contribution in [2.24, 2.45) is 0 Å². The van der Waals surface area contributed by atoms with Gasteiger partial charge in [0.25, 0.3) is 0 Å². The van der Waals surface area contributed by atoms with Gasteiger partial charge in [-0.1, -0.05) is 0 Å². The van der Waals surface area contributed by atoms with Crippen molar-refractivity contribution in [2.75, 3.05) is 7.11 Å². The molecule has 0 radical (unpaired) electrons. The van der Waals surface area contributed by atoms with E-state index in [0.717, 1.165) is 6.07 Å². The molecule has 6 nitrogen and oxygen atoms in total. The summed E-state index contributed by atoms with van der Waals surface area (Å²) in [4.78, 5) is 0. The molecule has 3 rings (SSSR count). The van der Waals surface area contributed by atoms with Crippen LogP contribution in [-0.2, 0) is 0 Å². The number of methoxy groups -OCH3 is 1. The largest absolute Gasteiger partial charge is 1.00 e. The molecular formula is C16H13Cl2O6-. The molecule has 128 valence electrons. The monoisotopic (exact) mass is 371 g/mol. The van der Waals surface area contributed by atoms with Crippen LogP contribution in [0.25, 0.3) is 22.3 Å². The fourth-order valence-corrected chi connectivity index (χ4v) is 2.22. The Morgan fingerprint density at radius 3 is 2.21 bits per heavy atom. The van der Waals surface area contributed by atoms with Gasteiger partial charge in [0.15, 0.2) is 11.5 Å². The van der Waals surface area contributed by atoms with Crippen molar-refractivity contribution in [1.82, 2.24) is 0 Å². The number of benzene rings is 2. The molecule has 0 amide bonds. The fourth-order valence-electron chi connectivity index (χ4n) is 2.22. The van der Waals surface area contributed by atoms with Gasteiger partial charge < -0.3 is 50.0 Å². The van der Waals surface area contributed by atoms with E-state index in [-0.39, 0.29) is 70.3 Å². The molecule has 2 aromatic carbocycles. The summed E-state index contributed by atoms with van der Waals surface area (Å²) in [6.45, 7) is 0. The maximum atomic E-state index is 10.1. The van der Waals surface area contributed by atoms with Gasteiger partial charge in [-0.05, 0) is 12.1 Å². The molecule has 0 fully saturated rings. The minimum Gasteiger partial charge on any atom is -1.00 e. The lowest BCUT2D eigenvalue weighted by Crippen LogP contribution is -3.00. The van der Waals surface area contributed by atoms with Crippen LogP contribution >= 0.6 is 0 Å². The summed E-state index contributed by atoms with van der Waals surface area (Å²) in [6.07, 6.45) is 0. The van der Waals surface area contributed by atoms with Crippen LogP contribution < -0.4 is 29.6 Å². The Bertz CT molecular complexity index is 882.